The molecule has 1 fully saturated rings. The summed E-state index contributed by atoms with van der Waals surface area (Å²) in [5.74, 6) is -0.692. The van der Waals surface area contributed by atoms with E-state index in [1.165, 1.54) is 11.3 Å². The largest absolute Gasteiger partial charge is 0.476 e. The molecule has 2 rings (SSSR count). The molecule has 1 aromatic heterocycles. The highest BCUT2D eigenvalue weighted by molar-refractivity contribution is 7.15. The molecule has 1 heterocycles. The number of nitrogens with one attached hydrogen (secondary N) is 2. The van der Waals surface area contributed by atoms with Gasteiger partial charge in [0.25, 0.3) is 0 Å². The van der Waals surface area contributed by atoms with Crippen LogP contribution in [0.5, 0.6) is 0 Å². The van der Waals surface area contributed by atoms with Crippen molar-refractivity contribution in [2.75, 3.05) is 18.4 Å². The molecule has 1 amide bonds. The van der Waals surface area contributed by atoms with Gasteiger partial charge in [-0.25, -0.2) is 9.78 Å². The molecule has 0 saturated heterocycles. The first kappa shape index (κ1) is 12.8. The summed E-state index contributed by atoms with van der Waals surface area (Å²) in [6, 6.07) is 0. The third-order valence-electron chi connectivity index (χ3n) is 2.65. The highest BCUT2D eigenvalue weighted by Gasteiger charge is 2.28. The van der Waals surface area contributed by atoms with Crippen molar-refractivity contribution >= 4 is 28.3 Å². The zero-order valence-electron chi connectivity index (χ0n) is 10.0. The number of carboxylic acids is 1. The van der Waals surface area contributed by atoms with Gasteiger partial charge >= 0.3 is 5.97 Å². The number of aryl methyl sites for hydroxylation is 1. The number of hydrogen-bond acceptors (Lipinski definition) is 5. The van der Waals surface area contributed by atoms with Gasteiger partial charge in [-0.3, -0.25) is 4.79 Å². The number of carbonyl (C=O) groups excluding carboxylic acids is 1. The van der Waals surface area contributed by atoms with Crippen LogP contribution in [-0.2, 0) is 4.79 Å². The number of carboxylic acid groups (broad SMARTS) is 1. The lowest BCUT2D eigenvalue weighted by Gasteiger charge is -2.04. The molecular formula is C11H15N3O3S. The van der Waals surface area contributed by atoms with E-state index in [-0.39, 0.29) is 17.5 Å². The average Bonchev–Trinajstić information content (AvgIpc) is 3.08. The van der Waals surface area contributed by atoms with Crippen molar-refractivity contribution < 1.29 is 14.7 Å². The Morgan fingerprint density at radius 2 is 2.17 bits per heavy atom. The molecule has 0 spiro atoms. The van der Waals surface area contributed by atoms with Crippen LogP contribution in [0.3, 0.4) is 0 Å². The number of thiazole rings is 1. The lowest BCUT2D eigenvalue weighted by atomic mass is 10.4. The zero-order chi connectivity index (χ0) is 13.1. The minimum Gasteiger partial charge on any atom is -0.476 e. The Balaban J connectivity index is 1.74. The molecule has 18 heavy (non-hydrogen) atoms. The second kappa shape index (κ2) is 5.34. The van der Waals surface area contributed by atoms with Crippen LogP contribution < -0.4 is 10.6 Å². The standard InChI is InChI=1S/C11H15N3O3S/c1-6-8(10(16)17)14-11(18-6)13-5-4-12-9(15)7-2-3-7/h7H,2-5H2,1H3,(H,12,15)(H,13,14)(H,16,17). The van der Waals surface area contributed by atoms with E-state index in [4.69, 9.17) is 5.11 Å². The monoisotopic (exact) mass is 269 g/mol. The third-order valence-corrected chi connectivity index (χ3v) is 3.58. The molecule has 0 unspecified atom stereocenters. The number of amides is 1. The predicted molar refractivity (Wildman–Crippen MR) is 68.0 cm³/mol. The molecule has 7 heteroatoms. The van der Waals surface area contributed by atoms with Gasteiger partial charge in [0.05, 0.1) is 0 Å². The topological polar surface area (TPSA) is 91.3 Å². The molecule has 1 aliphatic carbocycles. The third kappa shape index (κ3) is 3.19. The van der Waals surface area contributed by atoms with Crippen LogP contribution in [0.25, 0.3) is 0 Å². The predicted octanol–water partition coefficient (Wildman–Crippen LogP) is 1.09. The number of carbonyl (C=O) groups is 2. The molecule has 0 radical (unpaired) electrons. The summed E-state index contributed by atoms with van der Waals surface area (Å²) < 4.78 is 0. The van der Waals surface area contributed by atoms with Crippen molar-refractivity contribution in [3.05, 3.63) is 10.6 Å². The van der Waals surface area contributed by atoms with Crippen molar-refractivity contribution in [3.8, 4) is 0 Å². The molecule has 1 aliphatic rings. The molecule has 98 valence electrons. The minimum atomic E-state index is -1.01. The summed E-state index contributed by atoms with van der Waals surface area (Å²) in [4.78, 5) is 26.8. The van der Waals surface area contributed by atoms with Gasteiger partial charge in [-0.05, 0) is 19.8 Å². The van der Waals surface area contributed by atoms with E-state index in [1.54, 1.807) is 6.92 Å². The molecule has 1 aromatic rings. The number of rotatable bonds is 6. The Kier molecular flexibility index (Phi) is 3.81. The van der Waals surface area contributed by atoms with Crippen molar-refractivity contribution in [2.45, 2.75) is 19.8 Å². The molecule has 6 nitrogen and oxygen atoms in total. The van der Waals surface area contributed by atoms with Crippen LogP contribution in [0.4, 0.5) is 5.13 Å². The van der Waals surface area contributed by atoms with Gasteiger partial charge in [-0.1, -0.05) is 0 Å². The van der Waals surface area contributed by atoms with E-state index < -0.39 is 5.97 Å². The molecule has 3 N–H and O–H groups in total. The molecule has 0 atom stereocenters. The Morgan fingerprint density at radius 3 is 2.72 bits per heavy atom. The van der Waals surface area contributed by atoms with E-state index in [0.717, 1.165) is 12.8 Å². The molecule has 0 aliphatic heterocycles. The first-order chi connectivity index (χ1) is 8.58. The van der Waals surface area contributed by atoms with Crippen molar-refractivity contribution in [2.24, 2.45) is 5.92 Å². The summed E-state index contributed by atoms with van der Waals surface area (Å²) in [5, 5.41) is 15.2. The van der Waals surface area contributed by atoms with Crippen LogP contribution >= 0.6 is 11.3 Å². The average molecular weight is 269 g/mol. The highest BCUT2D eigenvalue weighted by Crippen LogP contribution is 2.28. The number of hydrogen-bond donors (Lipinski definition) is 3. The van der Waals surface area contributed by atoms with Crippen molar-refractivity contribution in [1.29, 1.82) is 0 Å². The summed E-state index contributed by atoms with van der Waals surface area (Å²) in [5.41, 5.74) is 0.0875. The Hall–Kier alpha value is -1.63. The maximum absolute atomic E-state index is 11.3. The lowest BCUT2D eigenvalue weighted by Crippen LogP contribution is -2.29. The van der Waals surface area contributed by atoms with Gasteiger partial charge in [-0.15, -0.1) is 11.3 Å². The summed E-state index contributed by atoms with van der Waals surface area (Å²) in [7, 11) is 0. The van der Waals surface area contributed by atoms with Gasteiger partial charge in [-0.2, -0.15) is 0 Å². The number of aromatic nitrogens is 1. The Labute approximate surface area is 108 Å². The van der Waals surface area contributed by atoms with Gasteiger partial charge in [0.1, 0.15) is 0 Å². The normalized spacial score (nSPS) is 14.3. The van der Waals surface area contributed by atoms with E-state index in [1.807, 2.05) is 0 Å². The molecule has 0 aromatic carbocycles. The van der Waals surface area contributed by atoms with E-state index in [0.29, 0.717) is 23.1 Å². The first-order valence-corrected chi connectivity index (χ1v) is 6.62. The SMILES string of the molecule is Cc1sc(NCCNC(=O)C2CC2)nc1C(=O)O. The summed E-state index contributed by atoms with van der Waals surface area (Å²) in [6.07, 6.45) is 1.99. The Bertz CT molecular complexity index is 468. The van der Waals surface area contributed by atoms with Crippen molar-refractivity contribution in [3.63, 3.8) is 0 Å². The highest BCUT2D eigenvalue weighted by atomic mass is 32.1. The fraction of sp³-hybridized carbons (Fsp3) is 0.545. The number of nitrogens with zero attached hydrogens (tertiary/aromatic N) is 1. The minimum absolute atomic E-state index is 0.0875. The summed E-state index contributed by atoms with van der Waals surface area (Å²) >= 11 is 1.30. The summed E-state index contributed by atoms with van der Waals surface area (Å²) in [6.45, 7) is 2.79. The fourth-order valence-corrected chi connectivity index (χ4v) is 2.35. The van der Waals surface area contributed by atoms with Gasteiger partial charge < -0.3 is 15.7 Å². The van der Waals surface area contributed by atoms with E-state index in [9.17, 15) is 9.59 Å². The smallest absolute Gasteiger partial charge is 0.355 e. The Morgan fingerprint density at radius 1 is 1.44 bits per heavy atom. The van der Waals surface area contributed by atoms with Crippen molar-refractivity contribution in [1.82, 2.24) is 10.3 Å². The first-order valence-electron chi connectivity index (χ1n) is 5.80. The number of aromatic carboxylic acids is 1. The second-order valence-corrected chi connectivity index (χ2v) is 5.42. The van der Waals surface area contributed by atoms with Crippen LogP contribution in [0.1, 0.15) is 28.2 Å². The maximum Gasteiger partial charge on any atom is 0.355 e. The van der Waals surface area contributed by atoms with E-state index >= 15 is 0 Å². The van der Waals surface area contributed by atoms with E-state index in [2.05, 4.69) is 15.6 Å². The zero-order valence-corrected chi connectivity index (χ0v) is 10.8. The lowest BCUT2D eigenvalue weighted by molar-refractivity contribution is -0.122. The van der Waals surface area contributed by atoms with Gasteiger partial charge in [0.15, 0.2) is 10.8 Å². The second-order valence-electron chi connectivity index (χ2n) is 4.22. The van der Waals surface area contributed by atoms with Crippen LogP contribution in [0.15, 0.2) is 0 Å². The van der Waals surface area contributed by atoms with Gasteiger partial charge in [0.2, 0.25) is 5.91 Å². The molecule has 1 saturated carbocycles. The number of anilines is 1. The maximum atomic E-state index is 11.3. The fourth-order valence-electron chi connectivity index (χ4n) is 1.52. The van der Waals surface area contributed by atoms with Gasteiger partial charge in [0, 0.05) is 23.9 Å². The van der Waals surface area contributed by atoms with Crippen LogP contribution in [-0.4, -0.2) is 35.1 Å². The van der Waals surface area contributed by atoms with Crippen LogP contribution in [0, 0.1) is 12.8 Å². The molecular weight excluding hydrogens is 254 g/mol. The van der Waals surface area contributed by atoms with Crippen LogP contribution in [0.2, 0.25) is 0 Å². The quantitative estimate of drug-likeness (QED) is 0.672. The molecule has 0 bridgehead atoms.